The van der Waals surface area contributed by atoms with E-state index in [9.17, 15) is 9.59 Å². The average Bonchev–Trinajstić information content (AvgIpc) is 3.09. The number of ether oxygens (including phenoxy) is 3. The van der Waals surface area contributed by atoms with Crippen molar-refractivity contribution in [3.8, 4) is 0 Å². The van der Waals surface area contributed by atoms with Crippen LogP contribution in [0.1, 0.15) is 25.1 Å². The van der Waals surface area contributed by atoms with Gasteiger partial charge in [0.25, 0.3) is 0 Å². The topological polar surface area (TPSA) is 61.8 Å². The van der Waals surface area contributed by atoms with E-state index in [0.29, 0.717) is 19.6 Å². The van der Waals surface area contributed by atoms with Crippen LogP contribution in [0.2, 0.25) is 0 Å². The molecule has 0 aliphatic carbocycles. The summed E-state index contributed by atoms with van der Waals surface area (Å²) in [6.45, 7) is 7.35. The molecule has 0 radical (unpaired) electrons. The second kappa shape index (κ2) is 6.41. The lowest BCUT2D eigenvalue weighted by molar-refractivity contribution is -0.177. The second-order valence-corrected chi connectivity index (χ2v) is 5.97. The molecule has 1 aromatic heterocycles. The van der Waals surface area contributed by atoms with Crippen molar-refractivity contribution >= 4 is 23.3 Å². The summed E-state index contributed by atoms with van der Waals surface area (Å²) in [7, 11) is 0. The molecule has 5 nitrogen and oxygen atoms in total. The first kappa shape index (κ1) is 15.7. The fraction of sp³-hybridized carbons (Fsp3) is 0.467. The molecule has 2 heterocycles. The van der Waals surface area contributed by atoms with Crippen molar-refractivity contribution < 1.29 is 23.8 Å². The maximum atomic E-state index is 12.2. The summed E-state index contributed by atoms with van der Waals surface area (Å²) < 4.78 is 16.0. The molecule has 2 atom stereocenters. The zero-order valence-corrected chi connectivity index (χ0v) is 12.9. The van der Waals surface area contributed by atoms with Crippen molar-refractivity contribution in [3.63, 3.8) is 0 Å². The largest absolute Gasteiger partial charge is 0.448 e. The summed E-state index contributed by atoms with van der Waals surface area (Å²) in [5, 5.41) is 1.92. The molecule has 0 aromatic carbocycles. The first-order valence-corrected chi connectivity index (χ1v) is 7.54. The average molecular weight is 310 g/mol. The quantitative estimate of drug-likeness (QED) is 0.617. The third-order valence-corrected chi connectivity index (χ3v) is 4.27. The third-order valence-electron chi connectivity index (χ3n) is 3.22. The van der Waals surface area contributed by atoms with Crippen LogP contribution in [0.25, 0.3) is 0 Å². The number of rotatable bonds is 5. The van der Waals surface area contributed by atoms with Crippen LogP contribution in [0.5, 0.6) is 0 Å². The van der Waals surface area contributed by atoms with Crippen LogP contribution in [-0.2, 0) is 29.4 Å². The van der Waals surface area contributed by atoms with Gasteiger partial charge in [0.2, 0.25) is 0 Å². The molecule has 2 unspecified atom stereocenters. The molecule has 0 bridgehead atoms. The Bertz CT molecular complexity index is 528. The Kier molecular flexibility index (Phi) is 4.80. The third kappa shape index (κ3) is 3.51. The molecular formula is C15H18O5S. The zero-order valence-electron chi connectivity index (χ0n) is 12.1. The van der Waals surface area contributed by atoms with Crippen LogP contribution in [-0.4, -0.2) is 31.3 Å². The van der Waals surface area contributed by atoms with Crippen molar-refractivity contribution in [1.82, 2.24) is 0 Å². The summed E-state index contributed by atoms with van der Waals surface area (Å²) in [5.41, 5.74) is -0.526. The number of carbonyl (C=O) groups is 2. The normalized spacial score (nSPS) is 22.6. The van der Waals surface area contributed by atoms with E-state index >= 15 is 0 Å². The zero-order chi connectivity index (χ0) is 15.5. The molecule has 1 saturated heterocycles. The standard InChI is InChI=1S/C15H18O5S/c1-10(2)13(16)19-11(3)14(17)20-15(6-7-18-9-15)12-5-4-8-21-12/h4-5,8,11H,1,6-7,9H2,2-3H3. The highest BCUT2D eigenvalue weighted by atomic mass is 32.1. The Morgan fingerprint density at radius 2 is 2.29 bits per heavy atom. The van der Waals surface area contributed by atoms with Gasteiger partial charge in [0.05, 0.1) is 18.1 Å². The van der Waals surface area contributed by atoms with Gasteiger partial charge in [0.1, 0.15) is 0 Å². The van der Waals surface area contributed by atoms with Gasteiger partial charge in [-0.3, -0.25) is 0 Å². The van der Waals surface area contributed by atoms with Gasteiger partial charge in [-0.05, 0) is 25.3 Å². The fourth-order valence-electron chi connectivity index (χ4n) is 1.99. The minimum absolute atomic E-state index is 0.242. The Labute approximate surface area is 127 Å². The van der Waals surface area contributed by atoms with Gasteiger partial charge in [-0.25, -0.2) is 9.59 Å². The van der Waals surface area contributed by atoms with Crippen LogP contribution in [0.4, 0.5) is 0 Å². The molecule has 6 heteroatoms. The van der Waals surface area contributed by atoms with Crippen LogP contribution in [0.3, 0.4) is 0 Å². The van der Waals surface area contributed by atoms with Crippen LogP contribution < -0.4 is 0 Å². The van der Waals surface area contributed by atoms with Gasteiger partial charge in [-0.2, -0.15) is 0 Å². The van der Waals surface area contributed by atoms with E-state index in [2.05, 4.69) is 6.58 Å². The van der Waals surface area contributed by atoms with Crippen LogP contribution in [0, 0.1) is 0 Å². The molecule has 0 saturated carbocycles. The molecule has 0 spiro atoms. The monoisotopic (exact) mass is 310 g/mol. The Balaban J connectivity index is 2.06. The van der Waals surface area contributed by atoms with Crippen LogP contribution >= 0.6 is 11.3 Å². The van der Waals surface area contributed by atoms with Crippen molar-refractivity contribution in [1.29, 1.82) is 0 Å². The summed E-state index contributed by atoms with van der Waals surface area (Å²) in [5.74, 6) is -1.18. The van der Waals surface area contributed by atoms with Gasteiger partial charge < -0.3 is 14.2 Å². The van der Waals surface area contributed by atoms with Gasteiger partial charge in [0, 0.05) is 12.0 Å². The number of thiophene rings is 1. The van der Waals surface area contributed by atoms with E-state index < -0.39 is 23.6 Å². The minimum Gasteiger partial charge on any atom is -0.448 e. The Morgan fingerprint density at radius 1 is 1.52 bits per heavy atom. The summed E-state index contributed by atoms with van der Waals surface area (Å²) in [6, 6.07) is 3.82. The highest BCUT2D eigenvalue weighted by Crippen LogP contribution is 2.37. The van der Waals surface area contributed by atoms with Crippen molar-refractivity contribution in [3.05, 3.63) is 34.5 Å². The van der Waals surface area contributed by atoms with Crippen molar-refractivity contribution in [2.24, 2.45) is 0 Å². The van der Waals surface area contributed by atoms with Gasteiger partial charge in [-0.1, -0.05) is 12.6 Å². The lowest BCUT2D eigenvalue weighted by atomic mass is 10.0. The predicted molar refractivity (Wildman–Crippen MR) is 77.9 cm³/mol. The molecule has 21 heavy (non-hydrogen) atoms. The van der Waals surface area contributed by atoms with E-state index in [1.165, 1.54) is 25.2 Å². The Hall–Kier alpha value is -1.66. The van der Waals surface area contributed by atoms with E-state index in [1.807, 2.05) is 17.5 Å². The highest BCUT2D eigenvalue weighted by Gasteiger charge is 2.42. The lowest BCUT2D eigenvalue weighted by Crippen LogP contribution is -2.37. The van der Waals surface area contributed by atoms with Gasteiger partial charge in [-0.15, -0.1) is 11.3 Å². The second-order valence-electron chi connectivity index (χ2n) is 5.02. The fourth-order valence-corrected chi connectivity index (χ4v) is 2.87. The molecule has 1 aliphatic heterocycles. The molecule has 114 valence electrons. The van der Waals surface area contributed by atoms with Crippen molar-refractivity contribution in [2.75, 3.05) is 13.2 Å². The number of esters is 2. The first-order chi connectivity index (χ1) is 9.94. The van der Waals surface area contributed by atoms with Crippen molar-refractivity contribution in [2.45, 2.75) is 32.0 Å². The lowest BCUT2D eigenvalue weighted by Gasteiger charge is -2.27. The molecule has 0 amide bonds. The van der Waals surface area contributed by atoms with E-state index in [-0.39, 0.29) is 5.57 Å². The smallest absolute Gasteiger partial charge is 0.348 e. The molecule has 1 fully saturated rings. The maximum Gasteiger partial charge on any atom is 0.348 e. The Morgan fingerprint density at radius 3 is 2.81 bits per heavy atom. The summed E-state index contributed by atoms with van der Waals surface area (Å²) >= 11 is 1.51. The summed E-state index contributed by atoms with van der Waals surface area (Å²) in [6.07, 6.45) is -0.382. The van der Waals surface area contributed by atoms with Gasteiger partial charge >= 0.3 is 11.9 Å². The number of carbonyl (C=O) groups excluding carboxylic acids is 2. The van der Waals surface area contributed by atoms with E-state index in [0.717, 1.165) is 4.88 Å². The molecule has 1 aromatic rings. The molecular weight excluding hydrogens is 292 g/mol. The first-order valence-electron chi connectivity index (χ1n) is 6.66. The predicted octanol–water partition coefficient (Wildman–Crippen LogP) is 2.41. The number of hydrogen-bond acceptors (Lipinski definition) is 6. The SMILES string of the molecule is C=C(C)C(=O)OC(C)C(=O)OC1(c2cccs2)CCOC1. The van der Waals surface area contributed by atoms with Crippen LogP contribution in [0.15, 0.2) is 29.7 Å². The maximum absolute atomic E-state index is 12.2. The molecule has 1 aliphatic rings. The molecule has 2 rings (SSSR count). The molecule has 0 N–H and O–H groups in total. The summed E-state index contributed by atoms with van der Waals surface area (Å²) in [4.78, 5) is 24.6. The van der Waals surface area contributed by atoms with E-state index in [1.54, 1.807) is 0 Å². The number of hydrogen-bond donors (Lipinski definition) is 0. The van der Waals surface area contributed by atoms with Gasteiger partial charge in [0.15, 0.2) is 11.7 Å². The van der Waals surface area contributed by atoms with E-state index in [4.69, 9.17) is 14.2 Å². The highest BCUT2D eigenvalue weighted by molar-refractivity contribution is 7.10. The minimum atomic E-state index is -0.980.